The molecule has 0 aromatic heterocycles. The van der Waals surface area contributed by atoms with Gasteiger partial charge in [0.05, 0.1) is 158 Å². The Labute approximate surface area is 647 Å². The van der Waals surface area contributed by atoms with E-state index in [4.69, 9.17) is 20.4 Å². The van der Waals surface area contributed by atoms with Gasteiger partial charge in [-0.25, -0.2) is 0 Å². The van der Waals surface area contributed by atoms with Crippen molar-refractivity contribution in [3.8, 4) is 34.5 Å². The lowest BCUT2D eigenvalue weighted by Gasteiger charge is -2.29. The van der Waals surface area contributed by atoms with Gasteiger partial charge in [0.15, 0.2) is 0 Å². The number of amides is 4. The Morgan fingerprint density at radius 2 is 0.518 bits per heavy atom. The first-order valence-electron chi connectivity index (χ1n) is 35.8. The van der Waals surface area contributed by atoms with E-state index in [0.717, 1.165) is 21.9 Å². The molecule has 42 heteroatoms. The molecule has 4 heterocycles. The molecule has 0 saturated carbocycles. The van der Waals surface area contributed by atoms with E-state index in [1.54, 1.807) is 36.4 Å². The van der Waals surface area contributed by atoms with Crippen molar-refractivity contribution in [3.05, 3.63) is 82.1 Å². The molecule has 10 rings (SSSR count). The minimum absolute atomic E-state index is 0.000236. The summed E-state index contributed by atoms with van der Waals surface area (Å²) in [4.78, 5) is 173. The van der Waals surface area contributed by atoms with Crippen molar-refractivity contribution in [1.82, 2.24) is 60.5 Å². The van der Waals surface area contributed by atoms with Gasteiger partial charge in [-0.3, -0.25) is 117 Å². The summed E-state index contributed by atoms with van der Waals surface area (Å²) in [5, 5.41) is 154. The van der Waals surface area contributed by atoms with Crippen LogP contribution in [0.15, 0.2) is 80.6 Å². The number of carbonyl (C=O) groups is 12. The molecular weight excluding hydrogens is 1500 g/mol. The summed E-state index contributed by atoms with van der Waals surface area (Å²) < 4.78 is 0. The first kappa shape index (κ1) is 88.9. The van der Waals surface area contributed by atoms with E-state index in [1.165, 1.54) is 41.5 Å². The van der Waals surface area contributed by atoms with E-state index >= 15 is 0 Å². The van der Waals surface area contributed by atoms with Gasteiger partial charge in [0.2, 0.25) is 23.6 Å². The van der Waals surface area contributed by atoms with E-state index < -0.39 is 147 Å². The van der Waals surface area contributed by atoms with Crippen LogP contribution in [0.5, 0.6) is 34.5 Å². The van der Waals surface area contributed by atoms with Gasteiger partial charge in [0, 0.05) is 115 Å². The molecule has 6 aromatic carbocycles. The van der Waals surface area contributed by atoms with Crippen LogP contribution < -0.4 is 42.7 Å². The van der Waals surface area contributed by atoms with Gasteiger partial charge in [-0.05, 0) is 36.4 Å². The number of carboxylic acid groups (broad SMARTS) is 8. The first-order valence-corrected chi connectivity index (χ1v) is 35.8. The first-order chi connectivity index (χ1) is 54.2. The molecular formula is C72H92N16O26. The largest absolute Gasteiger partial charge is 0.507 e. The molecule has 4 aliphatic rings. The molecule has 0 spiro atoms. The van der Waals surface area contributed by atoms with Gasteiger partial charge < -0.3 is 92.8 Å². The zero-order chi connectivity index (χ0) is 83.3. The molecule has 0 radical (unpaired) electrons. The van der Waals surface area contributed by atoms with Crippen LogP contribution in [0.1, 0.15) is 0 Å². The summed E-state index contributed by atoms with van der Waals surface area (Å²) >= 11 is 0. The minimum atomic E-state index is -1.27. The molecule has 0 atom stereocenters. The second-order valence-electron chi connectivity index (χ2n) is 26.5. The fourth-order valence-electron chi connectivity index (χ4n) is 12.8. The summed E-state index contributed by atoms with van der Waals surface area (Å²) in [7, 11) is 0. The zero-order valence-electron chi connectivity index (χ0n) is 61.9. The van der Waals surface area contributed by atoms with Crippen molar-refractivity contribution in [2.45, 2.75) is 0 Å². The number of hydrogen-bond acceptors (Lipinski definition) is 30. The molecule has 0 fully saturated rings. The molecule has 18 N–H and O–H groups in total. The molecule has 4 bridgehead atoms. The van der Waals surface area contributed by atoms with Crippen molar-refractivity contribution in [1.29, 1.82) is 0 Å². The highest BCUT2D eigenvalue weighted by Gasteiger charge is 2.27. The van der Waals surface area contributed by atoms with Crippen molar-refractivity contribution in [2.24, 2.45) is 20.0 Å². The molecule has 114 heavy (non-hydrogen) atoms. The van der Waals surface area contributed by atoms with Crippen molar-refractivity contribution < 1.29 is 129 Å². The summed E-state index contributed by atoms with van der Waals surface area (Å²) in [5.41, 5.74) is 0. The summed E-state index contributed by atoms with van der Waals surface area (Å²) in [6.07, 6.45) is 0. The van der Waals surface area contributed by atoms with Crippen LogP contribution in [0.4, 0.5) is 0 Å². The maximum absolute atomic E-state index is 13.1. The molecule has 0 saturated heterocycles. The maximum Gasteiger partial charge on any atom is 0.317 e. The standard InChI is InChI=1S/C36H46N8O14.C36H46N8O12/c45-23-3-4-24(46)34-33(23)35(57)31-21-1-2-22(32(31)36(34)58)38-6-8-40-26(48)16-43(15-25(47)39-7-5-37-21)13-11-41(17-27(49)50)9-10-42(18-28(51)52)12-14-44(19-29(53)54)20-30(55)56;45-27-17-43(15-13-41(19-29(47)48)11-12-42(20-30(49)50)14-16-44(21-31(51)52)22-32(53)54)18-28(46)40-10-8-38-26-6-5-25(37-7-9-39-27)33-34(26)36(56)24-4-2-1-3-23(24)35(33)55/h1-4,45-46,57-58H,5-20H2,(H,39,47)(H,40,48)(H,49,50)(H,51,52)(H,53,54)(H,55,56);1-6,55-56H,7-22H2,(H,39,45)(H,40,46)(H,47,48)(H,49,50)(H,51,52)(H,53,54). The topological polar surface area (TPSA) is 612 Å². The van der Waals surface area contributed by atoms with E-state index in [2.05, 4.69) is 41.2 Å². The van der Waals surface area contributed by atoms with Crippen LogP contribution in [0.3, 0.4) is 0 Å². The number of phenolic OH excluding ortho intramolecular Hbond substituents is 6. The highest BCUT2D eigenvalue weighted by atomic mass is 16.4. The number of nitrogens with zero attached hydrogens (tertiary/aromatic N) is 12. The summed E-state index contributed by atoms with van der Waals surface area (Å²) in [6.45, 7) is -4.83. The van der Waals surface area contributed by atoms with E-state index in [-0.39, 0.29) is 201 Å². The number of rotatable bonds is 34. The third kappa shape index (κ3) is 27.6. The normalized spacial score (nSPS) is 14.6. The number of phenols is 6. The number of hydrogen-bond donors (Lipinski definition) is 18. The van der Waals surface area contributed by atoms with Gasteiger partial charge >= 0.3 is 47.8 Å². The van der Waals surface area contributed by atoms with Gasteiger partial charge in [-0.15, -0.1) is 0 Å². The van der Waals surface area contributed by atoms with Crippen LogP contribution in [-0.4, -0.2) is 392 Å². The molecule has 6 aromatic rings. The summed E-state index contributed by atoms with van der Waals surface area (Å²) in [5.74, 6) is -13.6. The number of benzene rings is 6. The SMILES string of the molecule is O=C(O)CN(CCN(CCN1CC(=O)NCCN=c2ccc(c3c(O)c4c(O)ccc(O)c4c(O)c23)=NCCNC(=O)C1)CC(=O)O)CCN(CC(=O)O)CC(=O)O.O=C(O)CN(CCN(CCN1CC(=O)NCCN=c2ccc(c3c(O)c4ccccc4c(O)c23)=NCCNC(=O)C1)CC(=O)O)CCN(CC(=O)O)CC(=O)O. The van der Waals surface area contributed by atoms with Gasteiger partial charge in [-0.1, -0.05) is 24.3 Å². The fourth-order valence-corrected chi connectivity index (χ4v) is 12.8. The van der Waals surface area contributed by atoms with Crippen molar-refractivity contribution in [2.75, 3.05) is 209 Å². The zero-order valence-corrected chi connectivity index (χ0v) is 61.9. The second kappa shape index (κ2) is 43.5. The Bertz CT molecular complexity index is 4590. The van der Waals surface area contributed by atoms with Crippen LogP contribution in [0.25, 0.3) is 43.1 Å². The lowest BCUT2D eigenvalue weighted by atomic mass is 9.98. The predicted molar refractivity (Wildman–Crippen MR) is 402 cm³/mol. The Balaban J connectivity index is 0.000000316. The smallest absolute Gasteiger partial charge is 0.317 e. The summed E-state index contributed by atoms with van der Waals surface area (Å²) in [6, 6.07) is 15.5. The average Bonchev–Trinajstić information content (AvgIpc) is 0.738. The van der Waals surface area contributed by atoms with E-state index in [1.807, 2.05) is 0 Å². The van der Waals surface area contributed by atoms with Gasteiger partial charge in [0.25, 0.3) is 0 Å². The molecule has 42 nitrogen and oxygen atoms in total. The predicted octanol–water partition coefficient (Wildman–Crippen LogP) is -5.72. The molecule has 4 amide bonds. The molecule has 0 unspecified atom stereocenters. The van der Waals surface area contributed by atoms with Gasteiger partial charge in [0.1, 0.15) is 34.5 Å². The quantitative estimate of drug-likeness (QED) is 0.0102. The molecule has 616 valence electrons. The second-order valence-corrected chi connectivity index (χ2v) is 26.5. The third-order valence-electron chi connectivity index (χ3n) is 17.9. The Morgan fingerprint density at radius 3 is 0.763 bits per heavy atom. The number of fused-ring (bicyclic) bond motifs is 28. The maximum atomic E-state index is 13.1. The lowest BCUT2D eigenvalue weighted by molar-refractivity contribution is -0.144. The lowest BCUT2D eigenvalue weighted by Crippen LogP contribution is -2.48. The van der Waals surface area contributed by atoms with E-state index in [0.29, 0.717) is 32.3 Å². The molecule has 4 aliphatic heterocycles. The Hall–Kier alpha value is -12.3. The van der Waals surface area contributed by atoms with Crippen molar-refractivity contribution in [3.63, 3.8) is 0 Å². The van der Waals surface area contributed by atoms with E-state index in [9.17, 15) is 109 Å². The van der Waals surface area contributed by atoms with Crippen LogP contribution >= 0.6 is 0 Å². The number of nitrogens with one attached hydrogen (secondary N) is 4. The number of aromatic hydroxyl groups is 6. The molecule has 0 aliphatic carbocycles. The number of aliphatic carboxylic acids is 8. The average molecular weight is 1600 g/mol. The van der Waals surface area contributed by atoms with Gasteiger partial charge in [-0.2, -0.15) is 0 Å². The van der Waals surface area contributed by atoms with Crippen LogP contribution in [0, 0.1) is 0 Å². The van der Waals surface area contributed by atoms with Crippen LogP contribution in [0.2, 0.25) is 0 Å². The highest BCUT2D eigenvalue weighted by molar-refractivity contribution is 6.14. The minimum Gasteiger partial charge on any atom is -0.507 e. The monoisotopic (exact) mass is 1600 g/mol. The Morgan fingerprint density at radius 1 is 0.298 bits per heavy atom. The van der Waals surface area contributed by atoms with Crippen molar-refractivity contribution >= 4 is 114 Å². The third-order valence-corrected chi connectivity index (χ3v) is 17.9. The van der Waals surface area contributed by atoms with Crippen LogP contribution in [-0.2, 0) is 57.5 Å². The fraction of sp³-hybridized carbons (Fsp3) is 0.444. The number of carbonyl (C=O) groups excluding carboxylic acids is 4. The Kier molecular flexibility index (Phi) is 33.9. The highest BCUT2D eigenvalue weighted by Crippen LogP contribution is 2.47. The number of carboxylic acids is 8.